The molecule has 0 atom stereocenters. The molecule has 0 saturated heterocycles. The zero-order chi connectivity index (χ0) is 13.5. The number of methoxy groups -OCH3 is 2. The lowest BCUT2D eigenvalue weighted by Crippen LogP contribution is -2.22. The molecule has 0 aliphatic rings. The second-order valence-electron chi connectivity index (χ2n) is 4.60. The van der Waals surface area contributed by atoms with E-state index in [-0.39, 0.29) is 6.10 Å². The van der Waals surface area contributed by atoms with Crippen LogP contribution < -0.4 is 0 Å². The average Bonchev–Trinajstić information content (AvgIpc) is 2.37. The molecule has 0 aromatic rings. The van der Waals surface area contributed by atoms with Gasteiger partial charge >= 0.3 is 0 Å². The van der Waals surface area contributed by atoms with Gasteiger partial charge in [-0.1, -0.05) is 39.0 Å². The van der Waals surface area contributed by atoms with Crippen LogP contribution in [-0.4, -0.2) is 33.5 Å². The topological polar surface area (TPSA) is 27.7 Å². The Bertz CT molecular complexity index is 175. The number of hydrogen-bond acceptors (Lipinski definition) is 3. The standard InChI is InChI=1S/C15H30O3/c1-4-5-6-7-8-9-10-11-12-18-15(13-16-2)14-17-3/h11-12,15H,4-10,13-14H2,1-3H3/b12-11-. The van der Waals surface area contributed by atoms with E-state index < -0.39 is 0 Å². The molecule has 0 heterocycles. The highest BCUT2D eigenvalue weighted by Gasteiger charge is 2.05. The summed E-state index contributed by atoms with van der Waals surface area (Å²) >= 11 is 0. The summed E-state index contributed by atoms with van der Waals surface area (Å²) in [7, 11) is 3.35. The first-order valence-corrected chi connectivity index (χ1v) is 7.13. The summed E-state index contributed by atoms with van der Waals surface area (Å²) < 4.78 is 15.6. The monoisotopic (exact) mass is 258 g/mol. The van der Waals surface area contributed by atoms with Crippen LogP contribution in [0.3, 0.4) is 0 Å². The van der Waals surface area contributed by atoms with Crippen LogP contribution in [-0.2, 0) is 14.2 Å². The highest BCUT2D eigenvalue weighted by Crippen LogP contribution is 2.07. The smallest absolute Gasteiger partial charge is 0.144 e. The lowest BCUT2D eigenvalue weighted by molar-refractivity contribution is 0.000228. The van der Waals surface area contributed by atoms with Gasteiger partial charge in [0.05, 0.1) is 19.5 Å². The van der Waals surface area contributed by atoms with Gasteiger partial charge in [-0.05, 0) is 18.9 Å². The van der Waals surface area contributed by atoms with Gasteiger partial charge in [-0.2, -0.15) is 0 Å². The molecule has 3 nitrogen and oxygen atoms in total. The van der Waals surface area contributed by atoms with E-state index in [1.54, 1.807) is 20.5 Å². The summed E-state index contributed by atoms with van der Waals surface area (Å²) in [5.74, 6) is 0. The maximum atomic E-state index is 5.54. The van der Waals surface area contributed by atoms with Crippen molar-refractivity contribution in [3.63, 3.8) is 0 Å². The summed E-state index contributed by atoms with van der Waals surface area (Å²) in [6.07, 6.45) is 13.0. The Balaban J connectivity index is 3.39. The van der Waals surface area contributed by atoms with Crippen LogP contribution in [0.2, 0.25) is 0 Å². The zero-order valence-corrected chi connectivity index (χ0v) is 12.3. The van der Waals surface area contributed by atoms with E-state index in [9.17, 15) is 0 Å². The Morgan fingerprint density at radius 3 is 2.11 bits per heavy atom. The van der Waals surface area contributed by atoms with Crippen molar-refractivity contribution in [1.82, 2.24) is 0 Å². The van der Waals surface area contributed by atoms with Gasteiger partial charge in [0.1, 0.15) is 6.10 Å². The molecule has 3 heteroatoms. The van der Waals surface area contributed by atoms with E-state index in [2.05, 4.69) is 13.0 Å². The highest BCUT2D eigenvalue weighted by molar-refractivity contribution is 4.75. The summed E-state index contributed by atoms with van der Waals surface area (Å²) in [6, 6.07) is 0. The molecule has 0 spiro atoms. The third-order valence-electron chi connectivity index (χ3n) is 2.80. The molecular formula is C15H30O3. The normalized spacial score (nSPS) is 11.6. The van der Waals surface area contributed by atoms with E-state index >= 15 is 0 Å². The van der Waals surface area contributed by atoms with Crippen molar-refractivity contribution < 1.29 is 14.2 Å². The third kappa shape index (κ3) is 11.9. The van der Waals surface area contributed by atoms with Gasteiger partial charge in [-0.25, -0.2) is 0 Å². The predicted octanol–water partition coefficient (Wildman–Crippen LogP) is 3.93. The lowest BCUT2D eigenvalue weighted by Gasteiger charge is -2.14. The first kappa shape index (κ1) is 17.5. The van der Waals surface area contributed by atoms with Crippen molar-refractivity contribution in [1.29, 1.82) is 0 Å². The summed E-state index contributed by atoms with van der Waals surface area (Å²) in [5, 5.41) is 0. The molecule has 0 aromatic heterocycles. The van der Waals surface area contributed by atoms with Gasteiger partial charge in [0, 0.05) is 14.2 Å². The predicted molar refractivity (Wildman–Crippen MR) is 75.8 cm³/mol. The molecular weight excluding hydrogens is 228 g/mol. The van der Waals surface area contributed by atoms with Crippen LogP contribution in [0.1, 0.15) is 51.9 Å². The van der Waals surface area contributed by atoms with Gasteiger partial charge in [-0.15, -0.1) is 0 Å². The van der Waals surface area contributed by atoms with Crippen LogP contribution in [0.15, 0.2) is 12.3 Å². The van der Waals surface area contributed by atoms with E-state index in [4.69, 9.17) is 14.2 Å². The first-order valence-electron chi connectivity index (χ1n) is 7.13. The van der Waals surface area contributed by atoms with Crippen LogP contribution in [0.5, 0.6) is 0 Å². The summed E-state index contributed by atoms with van der Waals surface area (Å²) in [6.45, 7) is 3.38. The van der Waals surface area contributed by atoms with Crippen molar-refractivity contribution in [2.75, 3.05) is 27.4 Å². The second kappa shape index (κ2) is 14.5. The maximum absolute atomic E-state index is 5.54. The SMILES string of the molecule is CCCCCCCC/C=C\OC(COC)COC. The quantitative estimate of drug-likeness (QED) is 0.370. The molecule has 108 valence electrons. The Labute approximate surface area is 112 Å². The van der Waals surface area contributed by atoms with E-state index in [1.807, 2.05) is 0 Å². The fraction of sp³-hybridized carbons (Fsp3) is 0.867. The molecule has 0 rings (SSSR count). The molecule has 0 saturated carbocycles. The molecule has 0 bridgehead atoms. The lowest BCUT2D eigenvalue weighted by atomic mass is 10.1. The average molecular weight is 258 g/mol. The highest BCUT2D eigenvalue weighted by atomic mass is 16.5. The third-order valence-corrected chi connectivity index (χ3v) is 2.80. The van der Waals surface area contributed by atoms with E-state index in [0.717, 1.165) is 6.42 Å². The second-order valence-corrected chi connectivity index (χ2v) is 4.60. The minimum absolute atomic E-state index is 0.000745. The first-order chi connectivity index (χ1) is 8.85. The van der Waals surface area contributed by atoms with Crippen molar-refractivity contribution in [2.45, 2.75) is 58.0 Å². The number of ether oxygens (including phenoxy) is 3. The number of rotatable bonds is 13. The maximum Gasteiger partial charge on any atom is 0.144 e. The fourth-order valence-corrected chi connectivity index (χ4v) is 1.78. The zero-order valence-electron chi connectivity index (χ0n) is 12.3. The van der Waals surface area contributed by atoms with Crippen molar-refractivity contribution in [3.8, 4) is 0 Å². The van der Waals surface area contributed by atoms with Crippen molar-refractivity contribution in [3.05, 3.63) is 12.3 Å². The van der Waals surface area contributed by atoms with Crippen LogP contribution in [0, 0.1) is 0 Å². The molecule has 0 radical (unpaired) electrons. The van der Waals surface area contributed by atoms with Crippen LogP contribution in [0.4, 0.5) is 0 Å². The summed E-state index contributed by atoms with van der Waals surface area (Å²) in [4.78, 5) is 0. The molecule has 0 aromatic carbocycles. The minimum Gasteiger partial charge on any atom is -0.494 e. The van der Waals surface area contributed by atoms with E-state index in [0.29, 0.717) is 13.2 Å². The molecule has 18 heavy (non-hydrogen) atoms. The number of unbranched alkanes of at least 4 members (excludes halogenated alkanes) is 6. The Morgan fingerprint density at radius 2 is 1.50 bits per heavy atom. The number of allylic oxidation sites excluding steroid dienone is 1. The molecule has 0 N–H and O–H groups in total. The largest absolute Gasteiger partial charge is 0.494 e. The Hall–Kier alpha value is -0.540. The molecule has 0 fully saturated rings. The van der Waals surface area contributed by atoms with E-state index in [1.165, 1.54) is 38.5 Å². The fourth-order valence-electron chi connectivity index (χ4n) is 1.78. The minimum atomic E-state index is 0.000745. The Morgan fingerprint density at radius 1 is 0.889 bits per heavy atom. The molecule has 0 unspecified atom stereocenters. The van der Waals surface area contributed by atoms with Gasteiger partial charge in [0.15, 0.2) is 0 Å². The molecule has 0 amide bonds. The van der Waals surface area contributed by atoms with Crippen LogP contribution >= 0.6 is 0 Å². The van der Waals surface area contributed by atoms with Gasteiger partial charge in [0.2, 0.25) is 0 Å². The number of hydrogen-bond donors (Lipinski definition) is 0. The van der Waals surface area contributed by atoms with Gasteiger partial charge in [0.25, 0.3) is 0 Å². The Kier molecular flexibility index (Phi) is 14.1. The van der Waals surface area contributed by atoms with Crippen molar-refractivity contribution >= 4 is 0 Å². The summed E-state index contributed by atoms with van der Waals surface area (Å²) in [5.41, 5.74) is 0. The van der Waals surface area contributed by atoms with Crippen molar-refractivity contribution in [2.24, 2.45) is 0 Å². The molecule has 0 aliphatic carbocycles. The van der Waals surface area contributed by atoms with Crippen LogP contribution in [0.25, 0.3) is 0 Å². The van der Waals surface area contributed by atoms with Gasteiger partial charge in [-0.3, -0.25) is 0 Å². The molecule has 0 aliphatic heterocycles. The van der Waals surface area contributed by atoms with Gasteiger partial charge < -0.3 is 14.2 Å².